The quantitative estimate of drug-likeness (QED) is 0.0775. The van der Waals surface area contributed by atoms with Crippen molar-refractivity contribution in [1.82, 2.24) is 18.8 Å². The van der Waals surface area contributed by atoms with Gasteiger partial charge in [0, 0.05) is 94.6 Å². The van der Waals surface area contributed by atoms with Crippen molar-refractivity contribution in [3.8, 4) is 11.3 Å². The fourth-order valence-corrected chi connectivity index (χ4v) is 8.37. The van der Waals surface area contributed by atoms with Crippen LogP contribution in [0.5, 0.6) is 0 Å². The first-order valence-electron chi connectivity index (χ1n) is 16.6. The second-order valence-corrected chi connectivity index (χ2v) is 15.8. The van der Waals surface area contributed by atoms with Gasteiger partial charge in [0.15, 0.2) is 0 Å². The fraction of sp³-hybridized carbons (Fsp3) is 0.263. The predicted octanol–water partition coefficient (Wildman–Crippen LogP) is 8.87. The van der Waals surface area contributed by atoms with Crippen molar-refractivity contribution in [3.05, 3.63) is 119 Å². The van der Waals surface area contributed by atoms with Crippen molar-refractivity contribution in [1.29, 1.82) is 0 Å². The number of benzene rings is 3. The van der Waals surface area contributed by atoms with E-state index in [2.05, 4.69) is 21.2 Å². The third-order valence-corrected chi connectivity index (χ3v) is 11.7. The molecule has 0 saturated carbocycles. The average Bonchev–Trinajstić information content (AvgIpc) is 3.77. The molecule has 4 bridgehead atoms. The van der Waals surface area contributed by atoms with Crippen LogP contribution in [0.2, 0.25) is 0 Å². The maximum Gasteiger partial charge on any atom is 0.330 e. The van der Waals surface area contributed by atoms with Gasteiger partial charge in [-0.1, -0.05) is 43.8 Å². The Labute approximate surface area is 322 Å². The van der Waals surface area contributed by atoms with Gasteiger partial charge in [0.2, 0.25) is 0 Å². The monoisotopic (exact) mass is 856 g/mol. The van der Waals surface area contributed by atoms with Crippen LogP contribution in [0, 0.1) is 17.0 Å². The van der Waals surface area contributed by atoms with E-state index in [-0.39, 0.29) is 18.2 Å². The number of rotatable bonds is 5. The van der Waals surface area contributed by atoms with Crippen LogP contribution in [0.3, 0.4) is 0 Å². The molecule has 2 aromatic heterocycles. The van der Waals surface area contributed by atoms with Crippen LogP contribution in [0.25, 0.3) is 28.2 Å². The minimum absolute atomic E-state index is 0.165. The maximum atomic E-state index is 16.1. The van der Waals surface area contributed by atoms with Gasteiger partial charge >= 0.3 is 5.97 Å². The van der Waals surface area contributed by atoms with Crippen LogP contribution in [-0.2, 0) is 20.8 Å². The zero-order chi connectivity index (χ0) is 37.0. The highest BCUT2D eigenvalue weighted by Crippen LogP contribution is 2.41. The number of ether oxygens (including phenoxy) is 2. The lowest BCUT2D eigenvalue weighted by Crippen LogP contribution is -2.32. The second kappa shape index (κ2) is 16.5. The number of hydrogen-bond acceptors (Lipinski definition) is 9. The number of nitrogens with two attached hydrogens (primary N) is 2. The van der Waals surface area contributed by atoms with E-state index in [1.165, 1.54) is 44.1 Å². The summed E-state index contributed by atoms with van der Waals surface area (Å²) in [6.45, 7) is 6.84. The highest BCUT2D eigenvalue weighted by molar-refractivity contribution is 14.2. The zero-order valence-electron chi connectivity index (χ0n) is 28.9. The summed E-state index contributed by atoms with van der Waals surface area (Å²) in [5, 5.41) is 7.18. The topological polar surface area (TPSA) is 114 Å². The summed E-state index contributed by atoms with van der Waals surface area (Å²) in [7, 11) is 1.44. The lowest BCUT2D eigenvalue weighted by Gasteiger charge is -2.28. The number of hydrazine groups is 1. The molecule has 5 aromatic rings. The Morgan fingerprint density at radius 3 is 2.77 bits per heavy atom. The molecule has 272 valence electrons. The van der Waals surface area contributed by atoms with E-state index < -0.39 is 23.0 Å². The van der Waals surface area contributed by atoms with Crippen LogP contribution in [0.4, 0.5) is 8.78 Å². The van der Waals surface area contributed by atoms with E-state index in [1.807, 2.05) is 60.5 Å². The Morgan fingerprint density at radius 2 is 1.98 bits per heavy atom. The minimum atomic E-state index is -0.584. The summed E-state index contributed by atoms with van der Waals surface area (Å²) in [6, 6.07) is 17.4. The molecule has 3 heterocycles. The predicted molar refractivity (Wildman–Crippen MR) is 212 cm³/mol. The minimum Gasteiger partial charge on any atom is -0.463 e. The van der Waals surface area contributed by atoms with Crippen LogP contribution in [0.1, 0.15) is 49.9 Å². The van der Waals surface area contributed by atoms with Gasteiger partial charge in [-0.3, -0.25) is 8.65 Å². The van der Waals surface area contributed by atoms with Gasteiger partial charge in [-0.2, -0.15) is 5.10 Å². The van der Waals surface area contributed by atoms with E-state index in [9.17, 15) is 4.79 Å². The number of fused-ring (bicyclic) bond motifs is 8. The summed E-state index contributed by atoms with van der Waals surface area (Å²) in [5.41, 5.74) is 10.4. The van der Waals surface area contributed by atoms with Crippen LogP contribution in [-0.4, -0.2) is 44.6 Å². The van der Waals surface area contributed by atoms with E-state index in [0.29, 0.717) is 58.5 Å². The van der Waals surface area contributed by atoms with E-state index >= 15 is 8.78 Å². The van der Waals surface area contributed by atoms with Gasteiger partial charge in [-0.25, -0.2) is 19.4 Å². The van der Waals surface area contributed by atoms with Crippen molar-refractivity contribution in [3.63, 3.8) is 0 Å². The van der Waals surface area contributed by atoms with Crippen molar-refractivity contribution in [2.45, 2.75) is 49.6 Å². The first-order valence-corrected chi connectivity index (χ1v) is 20.8. The molecule has 1 aliphatic heterocycles. The molecule has 0 aliphatic carbocycles. The first kappa shape index (κ1) is 37.9. The fourth-order valence-electron chi connectivity index (χ4n) is 6.00. The highest BCUT2D eigenvalue weighted by Gasteiger charge is 2.25. The van der Waals surface area contributed by atoms with Crippen molar-refractivity contribution in [2.75, 3.05) is 19.8 Å². The maximum absolute atomic E-state index is 16.1. The SMILES string of the molecule is CCOC(=O)/C=C/c1cccc(C2CCOCC(C)(C)/C(N)=C/N(N)Cc3c(c(F)cc4c3ccn4SI)Sc3ccc(F)c(c3)-c3ccn2n3)c1. The molecule has 14 heteroatoms. The van der Waals surface area contributed by atoms with Gasteiger partial charge in [-0.05, 0) is 72.5 Å². The molecule has 0 fully saturated rings. The van der Waals surface area contributed by atoms with Crippen LogP contribution >= 0.6 is 42.1 Å². The van der Waals surface area contributed by atoms with Crippen LogP contribution in [0.15, 0.2) is 101 Å². The van der Waals surface area contributed by atoms with E-state index in [4.69, 9.17) is 26.1 Å². The second-order valence-electron chi connectivity index (χ2n) is 13.0. The molecule has 3 aromatic carbocycles. The molecule has 0 radical (unpaired) electrons. The highest BCUT2D eigenvalue weighted by atomic mass is 127. The number of carbonyl (C=O) groups is 1. The molecule has 9 nitrogen and oxygen atoms in total. The number of carbonyl (C=O) groups excluding carboxylic acids is 1. The zero-order valence-corrected chi connectivity index (χ0v) is 32.7. The van der Waals surface area contributed by atoms with Gasteiger partial charge in [0.1, 0.15) is 11.6 Å². The third kappa shape index (κ3) is 8.52. The van der Waals surface area contributed by atoms with Gasteiger partial charge in [-0.15, -0.1) is 0 Å². The third-order valence-electron chi connectivity index (χ3n) is 8.82. The molecule has 0 spiro atoms. The first-order chi connectivity index (χ1) is 25.0. The summed E-state index contributed by atoms with van der Waals surface area (Å²) < 4.78 is 46.6. The molecule has 1 unspecified atom stereocenters. The number of esters is 1. The Bertz CT molecular complexity index is 2150. The molecule has 1 atom stereocenters. The Hall–Kier alpha value is -3.83. The summed E-state index contributed by atoms with van der Waals surface area (Å²) in [6.07, 6.45) is 9.02. The van der Waals surface area contributed by atoms with Crippen molar-refractivity contribution < 1.29 is 23.0 Å². The summed E-state index contributed by atoms with van der Waals surface area (Å²) in [4.78, 5) is 13.0. The van der Waals surface area contributed by atoms with Crippen molar-refractivity contribution >= 4 is 65.0 Å². The molecular formula is C38H39F2IN6O3S2. The number of nitrogens with zero attached hydrogens (tertiary/aromatic N) is 4. The van der Waals surface area contributed by atoms with Gasteiger partial charge in [0.25, 0.3) is 0 Å². The average molecular weight is 857 g/mol. The molecule has 0 saturated heterocycles. The number of hydrogen-bond donors (Lipinski definition) is 2. The van der Waals surface area contributed by atoms with E-state index in [0.717, 1.165) is 16.5 Å². The molecule has 6 rings (SSSR count). The Morgan fingerprint density at radius 1 is 1.15 bits per heavy atom. The largest absolute Gasteiger partial charge is 0.463 e. The molecule has 0 amide bonds. The normalized spacial score (nSPS) is 17.9. The van der Waals surface area contributed by atoms with Gasteiger partial charge in [0.05, 0.1) is 41.9 Å². The summed E-state index contributed by atoms with van der Waals surface area (Å²) in [5.74, 6) is 5.28. The molecule has 1 aliphatic rings. The molecular weight excluding hydrogens is 817 g/mol. The standard InChI is InChI=1S/C38H39F2IN6O3S2/c1-4-50-36(48)11-8-24-6-5-7-25(18-24)33-14-17-49-23-38(2,3)35(42)22-45(43)21-29-27-12-16-47(52-41)34(27)20-31(40)37(29)51-26-9-10-30(39)28(19-26)32-13-15-46(33)44-32/h5-13,15-16,18-20,22,33H,4,14,17,21,23,42-43H2,1-3H3/b11-8+,35-22-. The number of aromatic nitrogens is 3. The molecule has 4 N–H and O–H groups in total. The smallest absolute Gasteiger partial charge is 0.330 e. The molecule has 52 heavy (non-hydrogen) atoms. The Balaban J connectivity index is 1.44. The number of halogens is 3. The van der Waals surface area contributed by atoms with Crippen LogP contribution < -0.4 is 11.6 Å². The van der Waals surface area contributed by atoms with Crippen molar-refractivity contribution in [2.24, 2.45) is 17.0 Å². The lowest BCUT2D eigenvalue weighted by molar-refractivity contribution is -0.137. The summed E-state index contributed by atoms with van der Waals surface area (Å²) >= 11 is 3.37. The lowest BCUT2D eigenvalue weighted by atomic mass is 9.91. The van der Waals surface area contributed by atoms with E-state index in [1.54, 1.807) is 42.1 Å². The van der Waals surface area contributed by atoms with Gasteiger partial charge < -0.3 is 20.2 Å². The Kier molecular flexibility index (Phi) is 12.0.